The zero-order valence-electron chi connectivity index (χ0n) is 14.9. The first kappa shape index (κ1) is 15.2. The number of hydrogen-bond acceptors (Lipinski definition) is 3. The Hall–Kier alpha value is -2.36. The van der Waals surface area contributed by atoms with E-state index in [2.05, 4.69) is 56.9 Å². The number of nitrogens with zero attached hydrogens (tertiary/aromatic N) is 3. The lowest BCUT2D eigenvalue weighted by Crippen LogP contribution is -2.37. The molecule has 0 spiro atoms. The molecule has 0 radical (unpaired) electrons. The number of rotatable bonds is 3. The van der Waals surface area contributed by atoms with Crippen LogP contribution in [0.25, 0.3) is 16.7 Å². The van der Waals surface area contributed by atoms with E-state index in [1.807, 2.05) is 24.3 Å². The molecule has 0 saturated heterocycles. The highest BCUT2D eigenvalue weighted by Crippen LogP contribution is 2.49. The van der Waals surface area contributed by atoms with Crippen LogP contribution in [0.15, 0.2) is 36.4 Å². The second-order valence-electron chi connectivity index (χ2n) is 7.70. The van der Waals surface area contributed by atoms with Gasteiger partial charge in [0.05, 0.1) is 0 Å². The van der Waals surface area contributed by atoms with Crippen molar-refractivity contribution in [2.45, 2.75) is 52.1 Å². The summed E-state index contributed by atoms with van der Waals surface area (Å²) in [6, 6.07) is 12.4. The SMILES string of the molecule is CCC(C)(C)c1cc(-n2nc3ccccc3n2)c2c(c1)C(C)(C)O2. The summed E-state index contributed by atoms with van der Waals surface area (Å²) in [4.78, 5) is 1.72. The molecule has 1 aromatic heterocycles. The predicted octanol–water partition coefficient (Wildman–Crippen LogP) is 4.74. The lowest BCUT2D eigenvalue weighted by molar-refractivity contribution is 0.0509. The van der Waals surface area contributed by atoms with E-state index in [9.17, 15) is 0 Å². The van der Waals surface area contributed by atoms with Crippen LogP contribution in [0, 0.1) is 0 Å². The van der Waals surface area contributed by atoms with Gasteiger partial charge in [-0.3, -0.25) is 0 Å². The Kier molecular flexibility index (Phi) is 3.05. The molecule has 24 heavy (non-hydrogen) atoms. The molecule has 1 aliphatic heterocycles. The van der Waals surface area contributed by atoms with Crippen LogP contribution in [-0.4, -0.2) is 15.0 Å². The third-order valence-electron chi connectivity index (χ3n) is 5.24. The minimum atomic E-state index is -0.253. The van der Waals surface area contributed by atoms with Crippen molar-refractivity contribution >= 4 is 11.0 Å². The van der Waals surface area contributed by atoms with Gasteiger partial charge in [0.2, 0.25) is 0 Å². The lowest BCUT2D eigenvalue weighted by atomic mass is 9.78. The van der Waals surface area contributed by atoms with E-state index >= 15 is 0 Å². The van der Waals surface area contributed by atoms with Crippen LogP contribution < -0.4 is 4.74 Å². The largest absolute Gasteiger partial charge is 0.480 e. The van der Waals surface area contributed by atoms with Crippen LogP contribution in [0.5, 0.6) is 5.75 Å². The second-order valence-corrected chi connectivity index (χ2v) is 7.70. The molecule has 0 fully saturated rings. The molecule has 0 amide bonds. The smallest absolute Gasteiger partial charge is 0.155 e. The van der Waals surface area contributed by atoms with Crippen LogP contribution in [0.3, 0.4) is 0 Å². The fourth-order valence-corrected chi connectivity index (χ4v) is 3.14. The van der Waals surface area contributed by atoms with E-state index in [4.69, 9.17) is 4.74 Å². The van der Waals surface area contributed by atoms with Crippen molar-refractivity contribution < 1.29 is 4.74 Å². The molecule has 4 heteroatoms. The topological polar surface area (TPSA) is 39.9 Å². The van der Waals surface area contributed by atoms with E-state index in [1.54, 1.807) is 4.80 Å². The van der Waals surface area contributed by atoms with Gasteiger partial charge in [-0.2, -0.15) is 0 Å². The van der Waals surface area contributed by atoms with Gasteiger partial charge in [-0.05, 0) is 55.5 Å². The Morgan fingerprint density at radius 3 is 2.25 bits per heavy atom. The number of ether oxygens (including phenoxy) is 1. The Morgan fingerprint density at radius 2 is 1.71 bits per heavy atom. The average Bonchev–Trinajstić information content (AvgIpc) is 2.97. The number of benzene rings is 2. The van der Waals surface area contributed by atoms with Crippen molar-refractivity contribution in [1.82, 2.24) is 15.0 Å². The number of fused-ring (bicyclic) bond motifs is 2. The van der Waals surface area contributed by atoms with E-state index in [-0.39, 0.29) is 11.0 Å². The predicted molar refractivity (Wildman–Crippen MR) is 95.8 cm³/mol. The van der Waals surface area contributed by atoms with Gasteiger partial charge < -0.3 is 4.74 Å². The van der Waals surface area contributed by atoms with Gasteiger partial charge in [0, 0.05) is 5.56 Å². The van der Waals surface area contributed by atoms with Gasteiger partial charge in [-0.15, -0.1) is 15.0 Å². The maximum Gasteiger partial charge on any atom is 0.155 e. The first-order valence-corrected chi connectivity index (χ1v) is 8.52. The average molecular weight is 321 g/mol. The van der Waals surface area contributed by atoms with Gasteiger partial charge >= 0.3 is 0 Å². The standard InChI is InChI=1S/C20H23N3O/c1-6-19(2,3)13-11-14-18(24-20(14,4)5)17(12-13)23-21-15-9-7-8-10-16(15)22-23/h7-12H,6H2,1-5H3. The third-order valence-corrected chi connectivity index (χ3v) is 5.24. The van der Waals surface area contributed by atoms with Crippen molar-refractivity contribution in [3.63, 3.8) is 0 Å². The minimum Gasteiger partial charge on any atom is -0.480 e. The van der Waals surface area contributed by atoms with Crippen LogP contribution >= 0.6 is 0 Å². The first-order chi connectivity index (χ1) is 11.3. The second kappa shape index (κ2) is 4.82. The van der Waals surface area contributed by atoms with Gasteiger partial charge in [0.25, 0.3) is 0 Å². The van der Waals surface area contributed by atoms with Gasteiger partial charge in [-0.25, -0.2) is 0 Å². The zero-order chi connectivity index (χ0) is 17.1. The molecule has 0 N–H and O–H groups in total. The summed E-state index contributed by atoms with van der Waals surface area (Å²) in [6.07, 6.45) is 1.07. The van der Waals surface area contributed by atoms with E-state index in [1.165, 1.54) is 11.1 Å². The fraction of sp³-hybridized carbons (Fsp3) is 0.400. The minimum absolute atomic E-state index is 0.0992. The van der Waals surface area contributed by atoms with Gasteiger partial charge in [0.1, 0.15) is 22.3 Å². The number of hydrogen-bond donors (Lipinski definition) is 0. The quantitative estimate of drug-likeness (QED) is 0.700. The summed E-state index contributed by atoms with van der Waals surface area (Å²) in [7, 11) is 0. The summed E-state index contributed by atoms with van der Waals surface area (Å²) < 4.78 is 6.05. The highest BCUT2D eigenvalue weighted by Gasteiger charge is 2.40. The molecule has 2 aromatic carbocycles. The Labute approximate surface area is 142 Å². The maximum atomic E-state index is 6.05. The molecule has 0 saturated carbocycles. The van der Waals surface area contributed by atoms with Gasteiger partial charge in [-0.1, -0.05) is 32.9 Å². The molecular formula is C20H23N3O. The fourth-order valence-electron chi connectivity index (χ4n) is 3.14. The molecule has 3 aromatic rings. The highest BCUT2D eigenvalue weighted by atomic mass is 16.5. The summed E-state index contributed by atoms with van der Waals surface area (Å²) in [5.41, 5.74) is 5.10. The monoisotopic (exact) mass is 321 g/mol. The first-order valence-electron chi connectivity index (χ1n) is 8.52. The highest BCUT2D eigenvalue weighted by molar-refractivity contribution is 5.74. The summed E-state index contributed by atoms with van der Waals surface area (Å²) >= 11 is 0. The zero-order valence-corrected chi connectivity index (χ0v) is 14.9. The molecule has 4 rings (SSSR count). The van der Waals surface area contributed by atoms with Crippen LogP contribution in [-0.2, 0) is 11.0 Å². The van der Waals surface area contributed by atoms with Crippen LogP contribution in [0.1, 0.15) is 52.2 Å². The van der Waals surface area contributed by atoms with E-state index in [0.717, 1.165) is 28.9 Å². The summed E-state index contributed by atoms with van der Waals surface area (Å²) in [6.45, 7) is 11.0. The molecule has 0 unspecified atom stereocenters. The molecule has 1 aliphatic rings. The van der Waals surface area contributed by atoms with Crippen molar-refractivity contribution in [2.75, 3.05) is 0 Å². The third kappa shape index (κ3) is 2.13. The number of aromatic nitrogens is 3. The molecule has 2 heterocycles. The Morgan fingerprint density at radius 1 is 1.08 bits per heavy atom. The Bertz CT molecular complexity index is 904. The molecule has 0 atom stereocenters. The molecule has 4 nitrogen and oxygen atoms in total. The Balaban J connectivity index is 1.95. The van der Waals surface area contributed by atoms with Crippen molar-refractivity contribution in [1.29, 1.82) is 0 Å². The van der Waals surface area contributed by atoms with E-state index in [0.29, 0.717) is 0 Å². The molecule has 0 aliphatic carbocycles. The normalized spacial score (nSPS) is 15.7. The van der Waals surface area contributed by atoms with Crippen LogP contribution in [0.4, 0.5) is 0 Å². The molecular weight excluding hydrogens is 298 g/mol. The molecule has 124 valence electrons. The van der Waals surface area contributed by atoms with Crippen molar-refractivity contribution in [3.8, 4) is 11.4 Å². The van der Waals surface area contributed by atoms with Crippen molar-refractivity contribution in [2.24, 2.45) is 0 Å². The van der Waals surface area contributed by atoms with Gasteiger partial charge in [0.15, 0.2) is 5.75 Å². The summed E-state index contributed by atoms with van der Waals surface area (Å²) in [5, 5.41) is 9.28. The maximum absolute atomic E-state index is 6.05. The van der Waals surface area contributed by atoms with Crippen LogP contribution in [0.2, 0.25) is 0 Å². The van der Waals surface area contributed by atoms with Crippen molar-refractivity contribution in [3.05, 3.63) is 47.5 Å². The van der Waals surface area contributed by atoms with E-state index < -0.39 is 0 Å². The molecule has 0 bridgehead atoms. The lowest BCUT2D eigenvalue weighted by Gasteiger charge is -2.41. The summed E-state index contributed by atoms with van der Waals surface area (Å²) in [5.74, 6) is 0.899.